The van der Waals surface area contributed by atoms with Crippen LogP contribution in [0.4, 0.5) is 4.39 Å². The van der Waals surface area contributed by atoms with Crippen LogP contribution in [0.25, 0.3) is 0 Å². The van der Waals surface area contributed by atoms with E-state index < -0.39 is 0 Å². The van der Waals surface area contributed by atoms with Gasteiger partial charge in [0.1, 0.15) is 0 Å². The molecule has 2 aliphatic heterocycles. The molecule has 7 heteroatoms. The predicted molar refractivity (Wildman–Crippen MR) is 121 cm³/mol. The van der Waals surface area contributed by atoms with Gasteiger partial charge in [0, 0.05) is 45.3 Å². The molecule has 0 amide bonds. The van der Waals surface area contributed by atoms with E-state index in [4.69, 9.17) is 9.73 Å². The Morgan fingerprint density at radius 2 is 2.03 bits per heavy atom. The Morgan fingerprint density at radius 1 is 1.23 bits per heavy atom. The normalized spacial score (nSPS) is 22.1. The number of aliphatic imine (C=N–C) groups is 1. The van der Waals surface area contributed by atoms with Gasteiger partial charge in [-0.15, -0.1) is 0 Å². The van der Waals surface area contributed by atoms with Crippen molar-refractivity contribution < 1.29 is 9.13 Å². The van der Waals surface area contributed by atoms with Gasteiger partial charge < -0.3 is 20.3 Å². The monoisotopic (exact) mass is 419 g/mol. The zero-order valence-corrected chi connectivity index (χ0v) is 18.8. The Hall–Kier alpha value is -1.86. The smallest absolute Gasteiger partial charge is 0.191 e. The number of nitrogens with one attached hydrogen (secondary N) is 2. The van der Waals surface area contributed by atoms with Crippen molar-refractivity contribution >= 4 is 5.96 Å². The fourth-order valence-corrected chi connectivity index (χ4v) is 4.46. The first kappa shape index (κ1) is 22.8. The highest BCUT2D eigenvalue weighted by atomic mass is 19.1. The molecule has 30 heavy (non-hydrogen) atoms. The van der Waals surface area contributed by atoms with Crippen LogP contribution in [0.3, 0.4) is 0 Å². The molecule has 0 bridgehead atoms. The summed E-state index contributed by atoms with van der Waals surface area (Å²) in [5, 5.41) is 7.05. The van der Waals surface area contributed by atoms with E-state index in [2.05, 4.69) is 34.4 Å². The first-order valence-electron chi connectivity index (χ1n) is 11.4. The summed E-state index contributed by atoms with van der Waals surface area (Å²) < 4.78 is 18.9. The molecule has 2 fully saturated rings. The number of ether oxygens (including phenoxy) is 1. The number of rotatable bonds is 7. The van der Waals surface area contributed by atoms with E-state index in [-0.39, 0.29) is 5.82 Å². The minimum Gasteiger partial charge on any atom is -0.494 e. The van der Waals surface area contributed by atoms with Crippen LogP contribution in [-0.4, -0.2) is 75.2 Å². The van der Waals surface area contributed by atoms with Crippen LogP contribution in [0.1, 0.15) is 38.2 Å². The average molecular weight is 420 g/mol. The van der Waals surface area contributed by atoms with Gasteiger partial charge in [-0.1, -0.05) is 6.07 Å². The lowest BCUT2D eigenvalue weighted by atomic mass is 9.99. The summed E-state index contributed by atoms with van der Waals surface area (Å²) >= 11 is 0. The number of nitrogens with zero attached hydrogens (tertiary/aromatic N) is 3. The molecule has 2 saturated heterocycles. The number of hydrogen-bond acceptors (Lipinski definition) is 4. The van der Waals surface area contributed by atoms with Crippen LogP contribution in [0, 0.1) is 11.7 Å². The Morgan fingerprint density at radius 3 is 2.70 bits per heavy atom. The van der Waals surface area contributed by atoms with Crippen LogP contribution in [0.5, 0.6) is 5.75 Å². The van der Waals surface area contributed by atoms with E-state index in [9.17, 15) is 4.39 Å². The quantitative estimate of drug-likeness (QED) is 0.526. The van der Waals surface area contributed by atoms with E-state index in [1.165, 1.54) is 26.5 Å². The minimum absolute atomic E-state index is 0.290. The molecule has 0 radical (unpaired) electrons. The summed E-state index contributed by atoms with van der Waals surface area (Å²) in [6.45, 7) is 9.00. The van der Waals surface area contributed by atoms with Crippen LogP contribution >= 0.6 is 0 Å². The lowest BCUT2D eigenvalue weighted by Gasteiger charge is -2.33. The summed E-state index contributed by atoms with van der Waals surface area (Å²) in [4.78, 5) is 9.68. The van der Waals surface area contributed by atoms with E-state index in [1.54, 1.807) is 12.1 Å². The van der Waals surface area contributed by atoms with Gasteiger partial charge in [0.15, 0.2) is 17.5 Å². The van der Waals surface area contributed by atoms with Gasteiger partial charge in [-0.2, -0.15) is 0 Å². The number of benzene rings is 1. The fourth-order valence-electron chi connectivity index (χ4n) is 4.46. The molecule has 0 aliphatic carbocycles. The fraction of sp³-hybridized carbons (Fsp3) is 0.696. The highest BCUT2D eigenvalue weighted by Gasteiger charge is 2.21. The van der Waals surface area contributed by atoms with Crippen LogP contribution in [-0.2, 0) is 6.54 Å². The van der Waals surface area contributed by atoms with E-state index in [1.807, 2.05) is 6.07 Å². The van der Waals surface area contributed by atoms with Gasteiger partial charge in [-0.3, -0.25) is 9.89 Å². The summed E-state index contributed by atoms with van der Waals surface area (Å²) in [5.41, 5.74) is 0.993. The lowest BCUT2D eigenvalue weighted by Crippen LogP contribution is -2.48. The van der Waals surface area contributed by atoms with Crippen molar-refractivity contribution in [3.8, 4) is 5.75 Å². The molecule has 168 valence electrons. The maximum Gasteiger partial charge on any atom is 0.191 e. The summed E-state index contributed by atoms with van der Waals surface area (Å²) in [7, 11) is 3.70. The number of hydrogen-bond donors (Lipinski definition) is 2. The van der Waals surface area contributed by atoms with E-state index >= 15 is 0 Å². The summed E-state index contributed by atoms with van der Waals surface area (Å²) in [5.74, 6) is 1.62. The lowest BCUT2D eigenvalue weighted by molar-refractivity contribution is 0.198. The van der Waals surface area contributed by atoms with Crippen LogP contribution in [0.15, 0.2) is 23.2 Å². The molecule has 2 aliphatic rings. The Labute approximate surface area is 180 Å². The standard InChI is InChI=1S/C23H38FN5O/c1-4-25-23(26-15-19-6-5-11-28(2)16-19)27-20-9-12-29(13-10-20)17-18-7-8-22(30-3)21(24)14-18/h7-8,14,19-20H,4-6,9-13,15-17H2,1-3H3,(H2,25,26,27). The largest absolute Gasteiger partial charge is 0.494 e. The molecule has 1 unspecified atom stereocenters. The third-order valence-electron chi connectivity index (χ3n) is 6.12. The van der Waals surface area contributed by atoms with E-state index in [0.717, 1.165) is 63.6 Å². The van der Waals surface area contributed by atoms with Gasteiger partial charge in [0.25, 0.3) is 0 Å². The maximum absolute atomic E-state index is 13.9. The number of halogens is 1. The number of likely N-dealkylation sites (tertiary alicyclic amines) is 2. The third kappa shape index (κ3) is 6.84. The zero-order chi connectivity index (χ0) is 21.3. The highest BCUT2D eigenvalue weighted by molar-refractivity contribution is 5.80. The number of piperidine rings is 2. The molecule has 0 saturated carbocycles. The zero-order valence-electron chi connectivity index (χ0n) is 18.8. The first-order chi connectivity index (χ1) is 14.6. The van der Waals surface area contributed by atoms with Gasteiger partial charge >= 0.3 is 0 Å². The topological polar surface area (TPSA) is 52.1 Å². The van der Waals surface area contributed by atoms with Gasteiger partial charge in [-0.25, -0.2) is 4.39 Å². The molecular formula is C23H38FN5O. The van der Waals surface area contributed by atoms with Crippen molar-refractivity contribution in [2.45, 2.75) is 45.2 Å². The molecule has 6 nitrogen and oxygen atoms in total. The van der Waals surface area contributed by atoms with Crippen molar-refractivity contribution in [2.75, 3.05) is 53.4 Å². The molecular weight excluding hydrogens is 381 g/mol. The SMILES string of the molecule is CCNC(=NCC1CCCN(C)C1)NC1CCN(Cc2ccc(OC)c(F)c2)CC1. The Bertz CT molecular complexity index is 690. The Balaban J connectivity index is 1.45. The second-order valence-electron chi connectivity index (χ2n) is 8.65. The van der Waals surface area contributed by atoms with Crippen LogP contribution < -0.4 is 15.4 Å². The van der Waals surface area contributed by atoms with Gasteiger partial charge in [0.2, 0.25) is 0 Å². The summed E-state index contributed by atoms with van der Waals surface area (Å²) in [6.07, 6.45) is 4.68. The van der Waals surface area contributed by atoms with Gasteiger partial charge in [0.05, 0.1) is 7.11 Å². The molecule has 0 aromatic heterocycles. The predicted octanol–water partition coefficient (Wildman–Crippen LogP) is 2.70. The van der Waals surface area contributed by atoms with Crippen molar-refractivity contribution in [2.24, 2.45) is 10.9 Å². The van der Waals surface area contributed by atoms with Crippen molar-refractivity contribution in [1.82, 2.24) is 20.4 Å². The molecule has 2 N–H and O–H groups in total. The number of methoxy groups -OCH3 is 1. The molecule has 0 spiro atoms. The van der Waals surface area contributed by atoms with Crippen molar-refractivity contribution in [3.63, 3.8) is 0 Å². The van der Waals surface area contributed by atoms with Crippen molar-refractivity contribution in [3.05, 3.63) is 29.6 Å². The van der Waals surface area contributed by atoms with Crippen LogP contribution in [0.2, 0.25) is 0 Å². The molecule has 2 heterocycles. The minimum atomic E-state index is -0.290. The molecule has 1 aromatic carbocycles. The Kier molecular flexibility index (Phi) is 8.75. The third-order valence-corrected chi connectivity index (χ3v) is 6.12. The molecule has 1 aromatic rings. The van der Waals surface area contributed by atoms with Crippen molar-refractivity contribution in [1.29, 1.82) is 0 Å². The first-order valence-corrected chi connectivity index (χ1v) is 11.4. The van der Waals surface area contributed by atoms with E-state index in [0.29, 0.717) is 17.7 Å². The second-order valence-corrected chi connectivity index (χ2v) is 8.65. The van der Waals surface area contributed by atoms with Gasteiger partial charge in [-0.05, 0) is 69.8 Å². The average Bonchev–Trinajstić information content (AvgIpc) is 2.74. The molecule has 3 rings (SSSR count). The number of guanidine groups is 1. The second kappa shape index (κ2) is 11.5. The molecule has 1 atom stereocenters. The summed E-state index contributed by atoms with van der Waals surface area (Å²) in [6, 6.07) is 5.68. The maximum atomic E-state index is 13.9. The highest BCUT2D eigenvalue weighted by Crippen LogP contribution is 2.20.